The molecular weight excluding hydrogens is 533 g/mol. The van der Waals surface area contributed by atoms with Crippen LogP contribution in [0.15, 0.2) is 52.4 Å². The van der Waals surface area contributed by atoms with Crippen LogP contribution in [0.3, 0.4) is 0 Å². The minimum Gasteiger partial charge on any atom is -0.370 e. The van der Waals surface area contributed by atoms with Gasteiger partial charge in [0.05, 0.1) is 23.6 Å². The minimum absolute atomic E-state index is 0.186. The van der Waals surface area contributed by atoms with Gasteiger partial charge in [-0.25, -0.2) is 8.42 Å². The molecule has 0 atom stereocenters. The summed E-state index contributed by atoms with van der Waals surface area (Å²) in [7, 11) is 0.268. The number of likely N-dealkylation sites (N-methyl/N-ethyl adjacent to an activating group) is 3. The van der Waals surface area contributed by atoms with Crippen molar-refractivity contribution in [3.63, 3.8) is 0 Å². The molecule has 1 aliphatic rings. The number of aliphatic imine (C=N–C) groups is 1. The molecule has 0 N–H and O–H groups in total. The average Bonchev–Trinajstić information content (AvgIpc) is 3.27. The summed E-state index contributed by atoms with van der Waals surface area (Å²) in [5.74, 6) is 0.494. The van der Waals surface area contributed by atoms with Gasteiger partial charge < -0.3 is 14.5 Å². The molecule has 2 aromatic rings. The predicted molar refractivity (Wildman–Crippen MR) is 134 cm³/mol. The molecule has 37 heavy (non-hydrogen) atoms. The van der Waals surface area contributed by atoms with Crippen molar-refractivity contribution in [3.8, 4) is 0 Å². The van der Waals surface area contributed by atoms with Gasteiger partial charge >= 0.3 is 6.18 Å². The van der Waals surface area contributed by atoms with E-state index in [4.69, 9.17) is 16.3 Å². The van der Waals surface area contributed by atoms with Gasteiger partial charge in [-0.2, -0.15) is 17.5 Å². The standard InChI is InChI=1S/C24H28ClF3N4O4S/c1-30-11-10-29-23(30)17-8-9-18(20(25)14-17)15-31(2)22(33)16-36-13-12-32(3)37(34,35)21-7-5-4-6-19(21)24(26,27)28/h4-9,14H,10-13,15-16H2,1-3H3. The van der Waals surface area contributed by atoms with Crippen LogP contribution in [0, 0.1) is 0 Å². The van der Waals surface area contributed by atoms with E-state index in [0.29, 0.717) is 11.1 Å². The van der Waals surface area contributed by atoms with Gasteiger partial charge in [0.1, 0.15) is 12.4 Å². The highest BCUT2D eigenvalue weighted by Crippen LogP contribution is 2.34. The molecular formula is C24H28ClF3N4O4S. The summed E-state index contributed by atoms with van der Waals surface area (Å²) < 4.78 is 71.1. The Kier molecular flexibility index (Phi) is 9.22. The number of hydrogen-bond donors (Lipinski definition) is 0. The number of nitrogens with zero attached hydrogens (tertiary/aromatic N) is 4. The summed E-state index contributed by atoms with van der Waals surface area (Å²) >= 11 is 6.42. The largest absolute Gasteiger partial charge is 0.417 e. The van der Waals surface area contributed by atoms with Crippen LogP contribution < -0.4 is 0 Å². The van der Waals surface area contributed by atoms with E-state index in [-0.39, 0.29) is 32.2 Å². The van der Waals surface area contributed by atoms with Gasteiger partial charge in [-0.15, -0.1) is 0 Å². The van der Waals surface area contributed by atoms with E-state index >= 15 is 0 Å². The first-order valence-corrected chi connectivity index (χ1v) is 13.1. The first-order valence-electron chi connectivity index (χ1n) is 11.3. The van der Waals surface area contributed by atoms with Crippen LogP contribution in [-0.4, -0.2) is 88.3 Å². The second-order valence-electron chi connectivity index (χ2n) is 8.56. The molecule has 0 saturated carbocycles. The van der Waals surface area contributed by atoms with Crippen LogP contribution in [0.4, 0.5) is 13.2 Å². The SMILES string of the molecule is CN(Cc1ccc(C2=NCCN2C)cc1Cl)C(=O)COCCN(C)S(=O)(=O)c1ccccc1C(F)(F)F. The Hall–Kier alpha value is -2.67. The molecule has 13 heteroatoms. The molecule has 2 aromatic carbocycles. The third-order valence-electron chi connectivity index (χ3n) is 5.86. The lowest BCUT2D eigenvalue weighted by Crippen LogP contribution is -2.34. The lowest BCUT2D eigenvalue weighted by atomic mass is 10.1. The number of benzene rings is 2. The Bertz CT molecular complexity index is 1270. The first kappa shape index (κ1) is 28.9. The smallest absolute Gasteiger partial charge is 0.370 e. The fraction of sp³-hybridized carbons (Fsp3) is 0.417. The zero-order valence-corrected chi connectivity index (χ0v) is 22.2. The molecule has 0 unspecified atom stereocenters. The number of carbonyl (C=O) groups is 1. The van der Waals surface area contributed by atoms with Crippen molar-refractivity contribution < 1.29 is 31.1 Å². The molecule has 1 amide bonds. The number of amides is 1. The van der Waals surface area contributed by atoms with Crippen LogP contribution in [-0.2, 0) is 32.3 Å². The summed E-state index contributed by atoms with van der Waals surface area (Å²) in [5, 5.41) is 0.493. The molecule has 0 radical (unpaired) electrons. The Labute approximate surface area is 219 Å². The van der Waals surface area contributed by atoms with Crippen LogP contribution >= 0.6 is 11.6 Å². The van der Waals surface area contributed by atoms with E-state index in [2.05, 4.69) is 4.99 Å². The van der Waals surface area contributed by atoms with Crippen molar-refractivity contribution in [3.05, 3.63) is 64.2 Å². The maximum atomic E-state index is 13.2. The quantitative estimate of drug-likeness (QED) is 0.416. The monoisotopic (exact) mass is 560 g/mol. The number of carbonyl (C=O) groups excluding carboxylic acids is 1. The van der Waals surface area contributed by atoms with E-state index in [1.54, 1.807) is 13.1 Å². The molecule has 1 heterocycles. The van der Waals surface area contributed by atoms with Crippen LogP contribution in [0.2, 0.25) is 5.02 Å². The summed E-state index contributed by atoms with van der Waals surface area (Å²) in [5.41, 5.74) is 0.384. The van der Waals surface area contributed by atoms with E-state index < -0.39 is 26.7 Å². The highest BCUT2D eigenvalue weighted by molar-refractivity contribution is 7.89. The molecule has 0 aliphatic carbocycles. The van der Waals surface area contributed by atoms with E-state index in [1.165, 1.54) is 11.0 Å². The van der Waals surface area contributed by atoms with Gasteiger partial charge in [0.2, 0.25) is 15.9 Å². The normalized spacial score (nSPS) is 14.3. The van der Waals surface area contributed by atoms with Crippen molar-refractivity contribution in [1.29, 1.82) is 0 Å². The summed E-state index contributed by atoms with van der Waals surface area (Å²) in [6, 6.07) is 9.50. The zero-order valence-electron chi connectivity index (χ0n) is 20.6. The molecule has 1 aliphatic heterocycles. The second kappa shape index (κ2) is 11.8. The van der Waals surface area contributed by atoms with E-state index in [1.807, 2.05) is 24.1 Å². The third kappa shape index (κ3) is 7.01. The fourth-order valence-electron chi connectivity index (χ4n) is 3.68. The molecule has 0 spiro atoms. The highest BCUT2D eigenvalue weighted by atomic mass is 35.5. The van der Waals surface area contributed by atoms with Crippen molar-refractivity contribution in [1.82, 2.24) is 14.1 Å². The van der Waals surface area contributed by atoms with Crippen molar-refractivity contribution >= 4 is 33.4 Å². The molecule has 3 rings (SSSR count). The first-order chi connectivity index (χ1) is 17.3. The molecule has 8 nitrogen and oxygen atoms in total. The number of rotatable bonds is 10. The van der Waals surface area contributed by atoms with E-state index in [9.17, 15) is 26.4 Å². The average molecular weight is 561 g/mol. The number of sulfonamides is 1. The van der Waals surface area contributed by atoms with Crippen LogP contribution in [0.5, 0.6) is 0 Å². The molecule has 0 bridgehead atoms. The molecule has 0 saturated heterocycles. The lowest BCUT2D eigenvalue weighted by molar-refractivity contribution is -0.140. The minimum atomic E-state index is -4.82. The lowest BCUT2D eigenvalue weighted by Gasteiger charge is -2.21. The number of halogens is 4. The van der Waals surface area contributed by atoms with Gasteiger partial charge in [-0.1, -0.05) is 35.9 Å². The summed E-state index contributed by atoms with van der Waals surface area (Å²) in [6.07, 6.45) is -4.82. The van der Waals surface area contributed by atoms with Gasteiger partial charge in [-0.3, -0.25) is 9.79 Å². The maximum absolute atomic E-state index is 13.2. The number of alkyl halides is 3. The molecule has 0 fully saturated rings. The Morgan fingerprint density at radius 1 is 1.19 bits per heavy atom. The second-order valence-corrected chi connectivity index (χ2v) is 11.0. The molecule has 0 aromatic heterocycles. The van der Waals surface area contributed by atoms with Crippen molar-refractivity contribution in [2.45, 2.75) is 17.6 Å². The number of hydrogen-bond acceptors (Lipinski definition) is 6. The van der Waals surface area contributed by atoms with Gasteiger partial charge in [-0.05, 0) is 23.8 Å². The van der Waals surface area contributed by atoms with Gasteiger partial charge in [0, 0.05) is 51.4 Å². The van der Waals surface area contributed by atoms with E-state index in [0.717, 1.165) is 53.5 Å². The Morgan fingerprint density at radius 3 is 2.51 bits per heavy atom. The third-order valence-corrected chi connectivity index (χ3v) is 8.13. The van der Waals surface area contributed by atoms with Crippen molar-refractivity contribution in [2.75, 3.05) is 54.0 Å². The van der Waals surface area contributed by atoms with Crippen LogP contribution in [0.1, 0.15) is 16.7 Å². The fourth-order valence-corrected chi connectivity index (χ4v) is 5.28. The van der Waals surface area contributed by atoms with Gasteiger partial charge in [0.15, 0.2) is 0 Å². The van der Waals surface area contributed by atoms with Crippen molar-refractivity contribution in [2.24, 2.45) is 4.99 Å². The topological polar surface area (TPSA) is 82.5 Å². The summed E-state index contributed by atoms with van der Waals surface area (Å²) in [6.45, 7) is 1.04. The predicted octanol–water partition coefficient (Wildman–Crippen LogP) is 3.35. The van der Waals surface area contributed by atoms with Crippen LogP contribution in [0.25, 0.3) is 0 Å². The maximum Gasteiger partial charge on any atom is 0.417 e. The number of ether oxygens (including phenoxy) is 1. The van der Waals surface area contributed by atoms with Gasteiger partial charge in [0.25, 0.3) is 0 Å². The summed E-state index contributed by atoms with van der Waals surface area (Å²) in [4.78, 5) is 19.5. The molecule has 202 valence electrons. The highest BCUT2D eigenvalue weighted by Gasteiger charge is 2.38. The zero-order chi connectivity index (χ0) is 27.4. The Balaban J connectivity index is 1.51. The number of amidine groups is 1. The Morgan fingerprint density at radius 2 is 1.89 bits per heavy atom.